The van der Waals surface area contributed by atoms with Gasteiger partial charge in [-0.15, -0.1) is 0 Å². The maximum Gasteiger partial charge on any atom is 0.407 e. The lowest BCUT2D eigenvalue weighted by Gasteiger charge is -2.24. The van der Waals surface area contributed by atoms with E-state index in [1.165, 1.54) is 0 Å². The molecule has 112 valence electrons. The van der Waals surface area contributed by atoms with Gasteiger partial charge < -0.3 is 21.1 Å². The average Bonchev–Trinajstić information content (AvgIpc) is 2.67. The molecule has 1 aliphatic carbocycles. The number of amides is 1. The van der Waals surface area contributed by atoms with Crippen LogP contribution in [0.15, 0.2) is 0 Å². The Morgan fingerprint density at radius 2 is 2.11 bits per heavy atom. The lowest BCUT2D eigenvalue weighted by atomic mass is 10.2. The van der Waals surface area contributed by atoms with Gasteiger partial charge >= 0.3 is 6.09 Å². The molecule has 0 aromatic rings. The van der Waals surface area contributed by atoms with Crippen molar-refractivity contribution in [2.75, 3.05) is 6.54 Å². The lowest BCUT2D eigenvalue weighted by molar-refractivity contribution is 0.0502. The minimum atomic E-state index is -0.450. The fourth-order valence-electron chi connectivity index (χ4n) is 2.28. The molecule has 3 atom stereocenters. The van der Waals surface area contributed by atoms with Crippen LogP contribution in [0.1, 0.15) is 53.4 Å². The fraction of sp³-hybridized carbons (Fsp3) is 0.929. The van der Waals surface area contributed by atoms with Crippen molar-refractivity contribution in [3.8, 4) is 0 Å². The highest BCUT2D eigenvalue weighted by atomic mass is 16.6. The van der Waals surface area contributed by atoms with Gasteiger partial charge in [0.2, 0.25) is 0 Å². The van der Waals surface area contributed by atoms with Crippen LogP contribution in [0.3, 0.4) is 0 Å². The molecule has 0 aromatic carbocycles. The second kappa shape index (κ2) is 7.10. The number of nitrogens with one attached hydrogen (secondary N) is 2. The van der Waals surface area contributed by atoms with Gasteiger partial charge in [0.1, 0.15) is 5.60 Å². The van der Waals surface area contributed by atoms with Crippen LogP contribution in [-0.2, 0) is 4.74 Å². The van der Waals surface area contributed by atoms with Gasteiger partial charge in [-0.2, -0.15) is 0 Å². The molecule has 5 heteroatoms. The average molecular weight is 271 g/mol. The lowest BCUT2D eigenvalue weighted by Crippen LogP contribution is -2.45. The molecule has 0 heterocycles. The summed E-state index contributed by atoms with van der Waals surface area (Å²) in [5.41, 5.74) is 5.43. The Hall–Kier alpha value is -0.810. The molecule has 0 aromatic heterocycles. The summed E-state index contributed by atoms with van der Waals surface area (Å²) in [6.07, 6.45) is 3.79. The second-order valence-corrected chi connectivity index (χ2v) is 6.43. The van der Waals surface area contributed by atoms with Crippen molar-refractivity contribution in [3.63, 3.8) is 0 Å². The number of alkyl carbamates (subject to hydrolysis) is 1. The first-order chi connectivity index (χ1) is 8.80. The predicted molar refractivity (Wildman–Crippen MR) is 77.1 cm³/mol. The summed E-state index contributed by atoms with van der Waals surface area (Å²) in [6, 6.07) is 0.924. The van der Waals surface area contributed by atoms with Gasteiger partial charge in [-0.3, -0.25) is 0 Å². The van der Waals surface area contributed by atoms with Crippen molar-refractivity contribution in [1.82, 2.24) is 10.6 Å². The van der Waals surface area contributed by atoms with E-state index in [0.29, 0.717) is 12.1 Å². The Morgan fingerprint density at radius 1 is 1.42 bits per heavy atom. The zero-order valence-corrected chi connectivity index (χ0v) is 12.7. The van der Waals surface area contributed by atoms with E-state index in [-0.39, 0.29) is 12.1 Å². The largest absolute Gasteiger partial charge is 0.444 e. The van der Waals surface area contributed by atoms with Crippen LogP contribution in [0.25, 0.3) is 0 Å². The van der Waals surface area contributed by atoms with Crippen LogP contribution in [0.4, 0.5) is 4.79 Å². The maximum atomic E-state index is 11.7. The van der Waals surface area contributed by atoms with Gasteiger partial charge in [-0.1, -0.05) is 6.92 Å². The molecule has 1 amide bonds. The molecule has 5 nitrogen and oxygen atoms in total. The van der Waals surface area contributed by atoms with Gasteiger partial charge in [-0.05, 0) is 46.5 Å². The second-order valence-electron chi connectivity index (χ2n) is 6.43. The quantitative estimate of drug-likeness (QED) is 0.712. The Labute approximate surface area is 116 Å². The molecule has 0 radical (unpaired) electrons. The van der Waals surface area contributed by atoms with Crippen molar-refractivity contribution in [2.45, 2.75) is 77.1 Å². The van der Waals surface area contributed by atoms with E-state index in [1.54, 1.807) is 0 Å². The summed E-state index contributed by atoms with van der Waals surface area (Å²) >= 11 is 0. The van der Waals surface area contributed by atoms with E-state index in [1.807, 2.05) is 20.8 Å². The van der Waals surface area contributed by atoms with Crippen molar-refractivity contribution in [2.24, 2.45) is 5.73 Å². The number of nitrogens with two attached hydrogens (primary N) is 1. The SMILES string of the molecule is CCC(CNC1CCC(N)C1)NC(=O)OC(C)(C)C. The summed E-state index contributed by atoms with van der Waals surface area (Å²) in [7, 11) is 0. The first-order valence-electron chi connectivity index (χ1n) is 7.28. The molecule has 1 rings (SSSR count). The Bertz CT molecular complexity index is 289. The number of hydrogen-bond acceptors (Lipinski definition) is 4. The topological polar surface area (TPSA) is 76.4 Å². The van der Waals surface area contributed by atoms with Crippen LogP contribution in [0, 0.1) is 0 Å². The molecular weight excluding hydrogens is 242 g/mol. The van der Waals surface area contributed by atoms with E-state index in [2.05, 4.69) is 17.6 Å². The molecule has 3 unspecified atom stereocenters. The number of hydrogen-bond donors (Lipinski definition) is 3. The monoisotopic (exact) mass is 271 g/mol. The van der Waals surface area contributed by atoms with Crippen molar-refractivity contribution >= 4 is 6.09 Å². The molecule has 0 aliphatic heterocycles. The predicted octanol–water partition coefficient (Wildman–Crippen LogP) is 1.76. The Kier molecular flexibility index (Phi) is 6.07. The van der Waals surface area contributed by atoms with E-state index in [0.717, 1.165) is 32.2 Å². The highest BCUT2D eigenvalue weighted by molar-refractivity contribution is 5.68. The Morgan fingerprint density at radius 3 is 2.58 bits per heavy atom. The zero-order chi connectivity index (χ0) is 14.5. The normalized spacial score (nSPS) is 25.1. The third-order valence-corrected chi connectivity index (χ3v) is 3.34. The van der Waals surface area contributed by atoms with E-state index in [9.17, 15) is 4.79 Å². The molecule has 0 saturated heterocycles. The van der Waals surface area contributed by atoms with E-state index < -0.39 is 5.60 Å². The summed E-state index contributed by atoms with van der Waals surface area (Å²) in [5, 5.41) is 6.38. The smallest absolute Gasteiger partial charge is 0.407 e. The molecule has 4 N–H and O–H groups in total. The van der Waals surface area contributed by atoms with Crippen molar-refractivity contribution in [1.29, 1.82) is 0 Å². The summed E-state index contributed by atoms with van der Waals surface area (Å²) in [4.78, 5) is 11.7. The van der Waals surface area contributed by atoms with Gasteiger partial charge in [0.15, 0.2) is 0 Å². The van der Waals surface area contributed by atoms with Gasteiger partial charge in [-0.25, -0.2) is 4.79 Å². The van der Waals surface area contributed by atoms with Gasteiger partial charge in [0.25, 0.3) is 0 Å². The van der Waals surface area contributed by atoms with Crippen molar-refractivity contribution < 1.29 is 9.53 Å². The van der Waals surface area contributed by atoms with Gasteiger partial charge in [0, 0.05) is 24.7 Å². The number of carbonyl (C=O) groups is 1. The molecule has 1 saturated carbocycles. The standard InChI is InChI=1S/C14H29N3O2/c1-5-11(17-13(18)19-14(2,3)4)9-16-12-7-6-10(15)8-12/h10-12,16H,5-9,15H2,1-4H3,(H,17,18). The van der Waals surface area contributed by atoms with Crippen LogP contribution < -0.4 is 16.4 Å². The Balaban J connectivity index is 2.27. The number of ether oxygens (including phenoxy) is 1. The molecule has 1 fully saturated rings. The van der Waals surface area contributed by atoms with Crippen LogP contribution in [-0.4, -0.2) is 36.4 Å². The summed E-state index contributed by atoms with van der Waals surface area (Å²) in [5.74, 6) is 0. The molecule has 1 aliphatic rings. The molecule has 19 heavy (non-hydrogen) atoms. The minimum Gasteiger partial charge on any atom is -0.444 e. The number of carbonyl (C=O) groups excluding carboxylic acids is 1. The summed E-state index contributed by atoms with van der Waals surface area (Å²) < 4.78 is 5.26. The first-order valence-corrected chi connectivity index (χ1v) is 7.28. The van der Waals surface area contributed by atoms with Gasteiger partial charge in [0.05, 0.1) is 0 Å². The third-order valence-electron chi connectivity index (χ3n) is 3.34. The minimum absolute atomic E-state index is 0.103. The van der Waals surface area contributed by atoms with E-state index >= 15 is 0 Å². The van der Waals surface area contributed by atoms with E-state index in [4.69, 9.17) is 10.5 Å². The van der Waals surface area contributed by atoms with Crippen LogP contribution in [0.2, 0.25) is 0 Å². The maximum absolute atomic E-state index is 11.7. The van der Waals surface area contributed by atoms with Crippen LogP contribution in [0.5, 0.6) is 0 Å². The van der Waals surface area contributed by atoms with Crippen LogP contribution >= 0.6 is 0 Å². The zero-order valence-electron chi connectivity index (χ0n) is 12.7. The summed E-state index contributed by atoms with van der Waals surface area (Å²) in [6.45, 7) is 8.43. The molecular formula is C14H29N3O2. The van der Waals surface area contributed by atoms with Crippen molar-refractivity contribution in [3.05, 3.63) is 0 Å². The third kappa shape index (κ3) is 6.78. The number of rotatable bonds is 5. The highest BCUT2D eigenvalue weighted by Crippen LogP contribution is 2.17. The fourth-order valence-corrected chi connectivity index (χ4v) is 2.28. The molecule has 0 bridgehead atoms. The highest BCUT2D eigenvalue weighted by Gasteiger charge is 2.23. The molecule has 0 spiro atoms. The first kappa shape index (κ1) is 16.2.